The first-order valence-electron chi connectivity index (χ1n) is 7.63. The van der Waals surface area contributed by atoms with Crippen molar-refractivity contribution in [3.8, 4) is 0 Å². The van der Waals surface area contributed by atoms with Gasteiger partial charge in [-0.3, -0.25) is 9.10 Å². The molecule has 0 spiro atoms. The quantitative estimate of drug-likeness (QED) is 0.874. The van der Waals surface area contributed by atoms with Crippen LogP contribution in [0.2, 0.25) is 5.02 Å². The standard InChI is InChI=1S/C18H21ClN2O3S/c1-11-8-12(2)17(13(3)9-11)20-18(22)14-6-7-15(19)16(10-14)21(4)25(5,23)24/h6-10H,1-5H3,(H,20,22). The number of anilines is 2. The van der Waals surface area contributed by atoms with Gasteiger partial charge in [-0.1, -0.05) is 29.3 Å². The Morgan fingerprint density at radius 2 is 1.64 bits per heavy atom. The number of carbonyl (C=O) groups excluding carboxylic acids is 1. The summed E-state index contributed by atoms with van der Waals surface area (Å²) in [6.45, 7) is 5.86. The minimum atomic E-state index is -3.48. The number of sulfonamides is 1. The van der Waals surface area contributed by atoms with Crippen molar-refractivity contribution in [1.29, 1.82) is 0 Å². The molecule has 0 aliphatic carbocycles. The molecule has 0 saturated carbocycles. The molecule has 2 rings (SSSR count). The summed E-state index contributed by atoms with van der Waals surface area (Å²) in [6.07, 6.45) is 1.08. The third kappa shape index (κ3) is 4.32. The Balaban J connectivity index is 2.38. The molecule has 134 valence electrons. The summed E-state index contributed by atoms with van der Waals surface area (Å²) in [5.74, 6) is -0.324. The Labute approximate surface area is 153 Å². The van der Waals surface area contributed by atoms with Gasteiger partial charge in [-0.2, -0.15) is 0 Å². The maximum absolute atomic E-state index is 12.6. The van der Waals surface area contributed by atoms with E-state index >= 15 is 0 Å². The molecule has 0 aliphatic heterocycles. The average molecular weight is 381 g/mol. The molecule has 2 aromatic rings. The van der Waals surface area contributed by atoms with Gasteiger partial charge in [-0.25, -0.2) is 8.42 Å². The van der Waals surface area contributed by atoms with E-state index in [1.54, 1.807) is 6.07 Å². The molecule has 0 heterocycles. The number of amides is 1. The van der Waals surface area contributed by atoms with Gasteiger partial charge in [-0.05, 0) is 50.1 Å². The van der Waals surface area contributed by atoms with Crippen molar-refractivity contribution >= 4 is 38.9 Å². The molecule has 2 aromatic carbocycles. The van der Waals surface area contributed by atoms with E-state index in [0.717, 1.165) is 32.9 Å². The Kier molecular flexibility index (Phi) is 5.44. The lowest BCUT2D eigenvalue weighted by Gasteiger charge is -2.19. The van der Waals surface area contributed by atoms with Crippen LogP contribution >= 0.6 is 11.6 Å². The molecule has 0 unspecified atom stereocenters. The van der Waals surface area contributed by atoms with E-state index in [0.29, 0.717) is 5.56 Å². The van der Waals surface area contributed by atoms with Crippen molar-refractivity contribution < 1.29 is 13.2 Å². The third-order valence-electron chi connectivity index (χ3n) is 3.96. The van der Waals surface area contributed by atoms with E-state index in [2.05, 4.69) is 5.32 Å². The molecule has 1 N–H and O–H groups in total. The molecule has 7 heteroatoms. The minimum Gasteiger partial charge on any atom is -0.322 e. The van der Waals surface area contributed by atoms with E-state index in [9.17, 15) is 13.2 Å². The molecular formula is C18H21ClN2O3S. The first kappa shape index (κ1) is 19.3. The Morgan fingerprint density at radius 1 is 1.08 bits per heavy atom. The molecule has 0 aromatic heterocycles. The fourth-order valence-electron chi connectivity index (χ4n) is 2.64. The van der Waals surface area contributed by atoms with E-state index < -0.39 is 10.0 Å². The molecular weight excluding hydrogens is 360 g/mol. The largest absolute Gasteiger partial charge is 0.322 e. The smallest absolute Gasteiger partial charge is 0.255 e. The van der Waals surface area contributed by atoms with Gasteiger partial charge >= 0.3 is 0 Å². The van der Waals surface area contributed by atoms with Gasteiger partial charge in [-0.15, -0.1) is 0 Å². The Hall–Kier alpha value is -2.05. The third-order valence-corrected chi connectivity index (χ3v) is 5.47. The van der Waals surface area contributed by atoms with Crippen LogP contribution in [-0.4, -0.2) is 27.6 Å². The lowest BCUT2D eigenvalue weighted by atomic mass is 10.0. The second kappa shape index (κ2) is 7.06. The van der Waals surface area contributed by atoms with Crippen LogP contribution in [0.1, 0.15) is 27.0 Å². The average Bonchev–Trinajstić information content (AvgIpc) is 2.49. The summed E-state index contributed by atoms with van der Waals surface area (Å²) < 4.78 is 24.5. The molecule has 0 bridgehead atoms. The van der Waals surface area contributed by atoms with E-state index in [4.69, 9.17) is 11.6 Å². The van der Waals surface area contributed by atoms with Crippen molar-refractivity contribution in [3.05, 3.63) is 57.6 Å². The fraction of sp³-hybridized carbons (Fsp3) is 0.278. The highest BCUT2D eigenvalue weighted by Crippen LogP contribution is 2.29. The number of aryl methyl sites for hydroxylation is 3. The van der Waals surface area contributed by atoms with Gasteiger partial charge in [0.25, 0.3) is 5.91 Å². The van der Waals surface area contributed by atoms with Crippen molar-refractivity contribution in [3.63, 3.8) is 0 Å². The van der Waals surface area contributed by atoms with Crippen molar-refractivity contribution in [2.45, 2.75) is 20.8 Å². The summed E-state index contributed by atoms with van der Waals surface area (Å²) in [4.78, 5) is 12.6. The summed E-state index contributed by atoms with van der Waals surface area (Å²) in [5.41, 5.74) is 4.39. The number of rotatable bonds is 4. The minimum absolute atomic E-state index is 0.257. The number of carbonyl (C=O) groups is 1. The van der Waals surface area contributed by atoms with Crippen LogP contribution in [0, 0.1) is 20.8 Å². The predicted molar refractivity (Wildman–Crippen MR) is 103 cm³/mol. The molecule has 1 amide bonds. The molecule has 0 radical (unpaired) electrons. The van der Waals surface area contributed by atoms with Crippen LogP contribution in [0.25, 0.3) is 0 Å². The zero-order valence-electron chi connectivity index (χ0n) is 14.8. The van der Waals surface area contributed by atoms with Crippen molar-refractivity contribution in [2.24, 2.45) is 0 Å². The normalized spacial score (nSPS) is 11.3. The van der Waals surface area contributed by atoms with Crippen molar-refractivity contribution in [2.75, 3.05) is 22.9 Å². The van der Waals surface area contributed by atoms with Crippen LogP contribution < -0.4 is 9.62 Å². The first-order valence-corrected chi connectivity index (χ1v) is 9.86. The highest BCUT2D eigenvalue weighted by molar-refractivity contribution is 7.92. The van der Waals surface area contributed by atoms with Crippen molar-refractivity contribution in [1.82, 2.24) is 0 Å². The lowest BCUT2D eigenvalue weighted by molar-refractivity contribution is 0.102. The Bertz CT molecular complexity index is 916. The second-order valence-electron chi connectivity index (χ2n) is 6.12. The van der Waals surface area contributed by atoms with Gasteiger partial charge in [0.1, 0.15) is 0 Å². The highest BCUT2D eigenvalue weighted by atomic mass is 35.5. The van der Waals surface area contributed by atoms with Gasteiger partial charge < -0.3 is 5.32 Å². The zero-order valence-corrected chi connectivity index (χ0v) is 16.4. The highest BCUT2D eigenvalue weighted by Gasteiger charge is 2.18. The van der Waals surface area contributed by atoms with Crippen LogP contribution in [0.3, 0.4) is 0 Å². The molecule has 25 heavy (non-hydrogen) atoms. The fourth-order valence-corrected chi connectivity index (χ4v) is 3.44. The monoisotopic (exact) mass is 380 g/mol. The summed E-state index contributed by atoms with van der Waals surface area (Å²) in [6, 6.07) is 8.54. The van der Waals surface area contributed by atoms with E-state index in [1.165, 1.54) is 19.2 Å². The van der Waals surface area contributed by atoms with Gasteiger partial charge in [0.05, 0.1) is 17.0 Å². The van der Waals surface area contributed by atoms with Gasteiger partial charge in [0.2, 0.25) is 10.0 Å². The Morgan fingerprint density at radius 3 is 2.16 bits per heavy atom. The SMILES string of the molecule is Cc1cc(C)c(NC(=O)c2ccc(Cl)c(N(C)S(C)(=O)=O)c2)c(C)c1. The molecule has 5 nitrogen and oxygen atoms in total. The summed E-state index contributed by atoms with van der Waals surface area (Å²) in [5, 5.41) is 3.15. The summed E-state index contributed by atoms with van der Waals surface area (Å²) in [7, 11) is -2.09. The maximum atomic E-state index is 12.6. The molecule has 0 aliphatic rings. The van der Waals surface area contributed by atoms with E-state index in [1.807, 2.05) is 32.9 Å². The number of hydrogen-bond acceptors (Lipinski definition) is 3. The number of nitrogens with one attached hydrogen (secondary N) is 1. The van der Waals surface area contributed by atoms with Gasteiger partial charge in [0, 0.05) is 18.3 Å². The zero-order chi connectivity index (χ0) is 18.9. The van der Waals surface area contributed by atoms with E-state index in [-0.39, 0.29) is 16.6 Å². The topological polar surface area (TPSA) is 66.5 Å². The lowest BCUT2D eigenvalue weighted by Crippen LogP contribution is -2.25. The van der Waals surface area contributed by atoms with Crippen LogP contribution in [-0.2, 0) is 10.0 Å². The number of benzene rings is 2. The maximum Gasteiger partial charge on any atom is 0.255 e. The van der Waals surface area contributed by atoms with Gasteiger partial charge in [0.15, 0.2) is 0 Å². The number of halogens is 1. The van der Waals surface area contributed by atoms with Crippen LogP contribution in [0.15, 0.2) is 30.3 Å². The summed E-state index contributed by atoms with van der Waals surface area (Å²) >= 11 is 6.09. The number of hydrogen-bond donors (Lipinski definition) is 1. The van der Waals surface area contributed by atoms with Crippen LogP contribution in [0.5, 0.6) is 0 Å². The van der Waals surface area contributed by atoms with Crippen LogP contribution in [0.4, 0.5) is 11.4 Å². The molecule has 0 fully saturated rings. The first-order chi connectivity index (χ1) is 11.5. The predicted octanol–water partition coefficient (Wildman–Crippen LogP) is 3.91. The second-order valence-corrected chi connectivity index (χ2v) is 8.55. The molecule has 0 saturated heterocycles. The molecule has 0 atom stereocenters. The number of nitrogens with zero attached hydrogens (tertiary/aromatic N) is 1.